The van der Waals surface area contributed by atoms with Crippen LogP contribution < -0.4 is 5.32 Å². The van der Waals surface area contributed by atoms with E-state index in [4.69, 9.17) is 11.6 Å². The van der Waals surface area contributed by atoms with Crippen molar-refractivity contribution in [2.45, 2.75) is 26.4 Å². The first kappa shape index (κ1) is 17.2. The van der Waals surface area contributed by atoms with Crippen molar-refractivity contribution in [3.63, 3.8) is 0 Å². The zero-order chi connectivity index (χ0) is 17.8. The second kappa shape index (κ2) is 7.48. The van der Waals surface area contributed by atoms with Gasteiger partial charge in [0.25, 0.3) is 0 Å². The van der Waals surface area contributed by atoms with Crippen molar-refractivity contribution < 1.29 is 9.18 Å². The number of carbonyl (C=O) groups is 1. The zero-order valence-corrected chi connectivity index (χ0v) is 14.4. The van der Waals surface area contributed by atoms with Gasteiger partial charge >= 0.3 is 0 Å². The number of amides is 1. The third kappa shape index (κ3) is 4.67. The van der Waals surface area contributed by atoms with Crippen LogP contribution in [-0.4, -0.2) is 25.5 Å². The van der Waals surface area contributed by atoms with Crippen LogP contribution in [0.1, 0.15) is 17.7 Å². The number of aryl methyl sites for hydroxylation is 2. The number of anilines is 1. The Morgan fingerprint density at radius 1 is 1.20 bits per heavy atom. The van der Waals surface area contributed by atoms with E-state index in [0.717, 1.165) is 11.3 Å². The maximum atomic E-state index is 13.1. The highest BCUT2D eigenvalue weighted by molar-refractivity contribution is 6.31. The maximum Gasteiger partial charge on any atom is 0.227 e. The highest BCUT2D eigenvalue weighted by Gasteiger charge is 2.08. The average molecular weight is 362 g/mol. The number of nitrogens with one attached hydrogen (secondary N) is 1. The van der Waals surface area contributed by atoms with Crippen LogP contribution >= 0.6 is 11.6 Å². The molecule has 3 aromatic rings. The van der Waals surface area contributed by atoms with Crippen LogP contribution in [0.4, 0.5) is 10.2 Å². The van der Waals surface area contributed by atoms with Crippen LogP contribution in [0.15, 0.2) is 42.7 Å². The molecule has 1 amide bonds. The van der Waals surface area contributed by atoms with E-state index < -0.39 is 0 Å². The van der Waals surface area contributed by atoms with Crippen LogP contribution in [0.25, 0.3) is 0 Å². The summed E-state index contributed by atoms with van der Waals surface area (Å²) in [6.45, 7) is 2.80. The van der Waals surface area contributed by atoms with Gasteiger partial charge in [-0.2, -0.15) is 10.2 Å². The Balaban J connectivity index is 1.55. The van der Waals surface area contributed by atoms with E-state index in [0.29, 0.717) is 30.4 Å². The molecule has 0 saturated carbocycles. The van der Waals surface area contributed by atoms with Crippen LogP contribution in [0.3, 0.4) is 0 Å². The summed E-state index contributed by atoms with van der Waals surface area (Å²) in [5, 5.41) is 11.6. The Hall–Kier alpha value is -2.67. The molecule has 0 spiro atoms. The molecule has 6 nitrogen and oxygen atoms in total. The van der Waals surface area contributed by atoms with E-state index in [1.165, 1.54) is 12.1 Å². The lowest BCUT2D eigenvalue weighted by molar-refractivity contribution is -0.116. The van der Waals surface area contributed by atoms with Gasteiger partial charge in [-0.3, -0.25) is 14.2 Å². The standard InChI is InChI=1S/C17H17ClFN5O/c1-12-4-7-23(21-12)9-6-17(25)20-16-5-8-24(22-16)11-13-2-3-14(19)10-15(13)18/h2-5,7-8,10H,6,9,11H2,1H3,(H,20,22,25). The smallest absolute Gasteiger partial charge is 0.227 e. The molecule has 8 heteroatoms. The fourth-order valence-electron chi connectivity index (χ4n) is 2.35. The molecule has 0 radical (unpaired) electrons. The van der Waals surface area contributed by atoms with Gasteiger partial charge in [0, 0.05) is 36.4 Å². The van der Waals surface area contributed by atoms with E-state index >= 15 is 0 Å². The van der Waals surface area contributed by atoms with Crippen LogP contribution in [0, 0.1) is 12.7 Å². The summed E-state index contributed by atoms with van der Waals surface area (Å²) in [5.74, 6) is -0.0624. The number of nitrogens with zero attached hydrogens (tertiary/aromatic N) is 4. The Kier molecular flexibility index (Phi) is 5.14. The Morgan fingerprint density at radius 3 is 2.72 bits per heavy atom. The molecule has 0 aliphatic heterocycles. The van der Waals surface area contributed by atoms with Crippen molar-refractivity contribution in [3.8, 4) is 0 Å². The molecular weight excluding hydrogens is 345 g/mol. The number of benzene rings is 1. The number of rotatable bonds is 6. The van der Waals surface area contributed by atoms with Gasteiger partial charge in [0.15, 0.2) is 5.82 Å². The number of halogens is 2. The monoisotopic (exact) mass is 361 g/mol. The second-order valence-electron chi connectivity index (χ2n) is 5.65. The topological polar surface area (TPSA) is 64.7 Å². The molecule has 0 bridgehead atoms. The molecule has 0 fully saturated rings. The van der Waals surface area contributed by atoms with E-state index in [9.17, 15) is 9.18 Å². The lowest BCUT2D eigenvalue weighted by atomic mass is 10.2. The van der Waals surface area contributed by atoms with Crippen molar-refractivity contribution in [1.29, 1.82) is 0 Å². The molecule has 0 saturated heterocycles. The van der Waals surface area contributed by atoms with Crippen molar-refractivity contribution in [3.05, 3.63) is 64.8 Å². The summed E-state index contributed by atoms with van der Waals surface area (Å²) in [7, 11) is 0. The van der Waals surface area contributed by atoms with Crippen molar-refractivity contribution >= 4 is 23.3 Å². The highest BCUT2D eigenvalue weighted by Crippen LogP contribution is 2.18. The summed E-state index contributed by atoms with van der Waals surface area (Å²) >= 11 is 6.01. The lowest BCUT2D eigenvalue weighted by Gasteiger charge is -2.05. The largest absolute Gasteiger partial charge is 0.309 e. The highest BCUT2D eigenvalue weighted by atomic mass is 35.5. The van der Waals surface area contributed by atoms with Gasteiger partial charge in [-0.1, -0.05) is 17.7 Å². The minimum Gasteiger partial charge on any atom is -0.309 e. The quantitative estimate of drug-likeness (QED) is 0.733. The summed E-state index contributed by atoms with van der Waals surface area (Å²) in [6, 6.07) is 7.82. The van der Waals surface area contributed by atoms with Gasteiger partial charge in [0.2, 0.25) is 5.91 Å². The zero-order valence-electron chi connectivity index (χ0n) is 13.6. The summed E-state index contributed by atoms with van der Waals surface area (Å²) in [6.07, 6.45) is 3.87. The number of hydrogen-bond donors (Lipinski definition) is 1. The molecule has 3 rings (SSSR count). The molecule has 2 heterocycles. The maximum absolute atomic E-state index is 13.1. The third-order valence-corrected chi connectivity index (χ3v) is 3.95. The molecule has 1 aromatic carbocycles. The predicted molar refractivity (Wildman–Crippen MR) is 92.9 cm³/mol. The van der Waals surface area contributed by atoms with Gasteiger partial charge in [0.05, 0.1) is 12.2 Å². The fraction of sp³-hybridized carbons (Fsp3) is 0.235. The van der Waals surface area contributed by atoms with Gasteiger partial charge in [-0.25, -0.2) is 4.39 Å². The molecule has 2 aromatic heterocycles. The van der Waals surface area contributed by atoms with Crippen molar-refractivity contribution in [1.82, 2.24) is 19.6 Å². The van der Waals surface area contributed by atoms with Crippen LogP contribution in [-0.2, 0) is 17.9 Å². The first-order valence-electron chi connectivity index (χ1n) is 7.77. The minimum atomic E-state index is -0.380. The Bertz CT molecular complexity index is 889. The van der Waals surface area contributed by atoms with Gasteiger partial charge < -0.3 is 5.32 Å². The number of carbonyl (C=O) groups excluding carboxylic acids is 1. The molecular formula is C17H17ClFN5O. The molecule has 0 aliphatic carbocycles. The normalized spacial score (nSPS) is 10.8. The van der Waals surface area contributed by atoms with Gasteiger partial charge in [0.1, 0.15) is 5.82 Å². The molecule has 130 valence electrons. The van der Waals surface area contributed by atoms with E-state index in [1.807, 2.05) is 19.2 Å². The van der Waals surface area contributed by atoms with E-state index in [2.05, 4.69) is 15.5 Å². The summed E-state index contributed by atoms with van der Waals surface area (Å²) in [5.41, 5.74) is 1.66. The average Bonchev–Trinajstić information content (AvgIpc) is 3.17. The molecule has 0 atom stereocenters. The summed E-state index contributed by atoms with van der Waals surface area (Å²) in [4.78, 5) is 12.0. The Labute approximate surface area is 149 Å². The predicted octanol–water partition coefficient (Wildman–Crippen LogP) is 3.26. The SMILES string of the molecule is Cc1ccn(CCC(=O)Nc2ccn(Cc3ccc(F)cc3Cl)n2)n1. The molecule has 25 heavy (non-hydrogen) atoms. The first-order chi connectivity index (χ1) is 12.0. The van der Waals surface area contributed by atoms with Gasteiger partial charge in [-0.15, -0.1) is 0 Å². The van der Waals surface area contributed by atoms with Crippen molar-refractivity contribution in [2.75, 3.05) is 5.32 Å². The van der Waals surface area contributed by atoms with E-state index in [-0.39, 0.29) is 11.7 Å². The number of hydrogen-bond acceptors (Lipinski definition) is 3. The number of aromatic nitrogens is 4. The second-order valence-corrected chi connectivity index (χ2v) is 6.06. The molecule has 0 aliphatic rings. The Morgan fingerprint density at radius 2 is 2.00 bits per heavy atom. The molecule has 1 N–H and O–H groups in total. The minimum absolute atomic E-state index is 0.141. The van der Waals surface area contributed by atoms with Crippen LogP contribution in [0.5, 0.6) is 0 Å². The molecule has 0 unspecified atom stereocenters. The van der Waals surface area contributed by atoms with E-state index in [1.54, 1.807) is 27.7 Å². The first-order valence-corrected chi connectivity index (χ1v) is 8.15. The lowest BCUT2D eigenvalue weighted by Crippen LogP contribution is -2.15. The summed E-state index contributed by atoms with van der Waals surface area (Å²) < 4.78 is 16.4. The fourth-order valence-corrected chi connectivity index (χ4v) is 2.58. The van der Waals surface area contributed by atoms with Crippen LogP contribution in [0.2, 0.25) is 5.02 Å². The third-order valence-electron chi connectivity index (χ3n) is 3.60. The van der Waals surface area contributed by atoms with Crippen molar-refractivity contribution in [2.24, 2.45) is 0 Å². The van der Waals surface area contributed by atoms with Gasteiger partial charge in [-0.05, 0) is 30.7 Å².